The molecule has 27 heavy (non-hydrogen) atoms. The van der Waals surface area contributed by atoms with Crippen molar-refractivity contribution in [3.8, 4) is 0 Å². The van der Waals surface area contributed by atoms with E-state index in [0.717, 1.165) is 38.8 Å². The quantitative estimate of drug-likeness (QED) is 0.492. The number of rotatable bonds is 5. The van der Waals surface area contributed by atoms with Crippen LogP contribution < -0.4 is 5.56 Å². The Morgan fingerprint density at radius 3 is 2.93 bits per heavy atom. The summed E-state index contributed by atoms with van der Waals surface area (Å²) in [4.78, 5) is 18.9. The van der Waals surface area contributed by atoms with Crippen LogP contribution in [0.2, 0.25) is 0 Å². The standard InChI is InChI=1S/C20H20N4O2S/c1-4-17-9-18-19(27-17)21-12-24(20(18)25)22-10-15-8-13(2)23(14(15)3)11-16-6-5-7-26-16/h5-10,12H,4,11H2,1-3H3/b22-10-. The maximum Gasteiger partial charge on any atom is 0.282 e. The van der Waals surface area contributed by atoms with Crippen LogP contribution in [0.25, 0.3) is 10.2 Å². The Labute approximate surface area is 160 Å². The van der Waals surface area contributed by atoms with Gasteiger partial charge in [0.2, 0.25) is 0 Å². The molecule has 0 amide bonds. The molecule has 4 aromatic heterocycles. The van der Waals surface area contributed by atoms with Crippen molar-refractivity contribution < 1.29 is 4.42 Å². The van der Waals surface area contributed by atoms with Crippen LogP contribution in [0.4, 0.5) is 0 Å². The Morgan fingerprint density at radius 2 is 2.19 bits per heavy atom. The Hall–Kier alpha value is -2.93. The minimum atomic E-state index is -0.142. The second-order valence-electron chi connectivity index (χ2n) is 6.42. The fourth-order valence-electron chi connectivity index (χ4n) is 3.10. The molecule has 4 heterocycles. The van der Waals surface area contributed by atoms with E-state index in [9.17, 15) is 4.79 Å². The van der Waals surface area contributed by atoms with Crippen LogP contribution in [0.1, 0.15) is 34.5 Å². The Kier molecular flexibility index (Phi) is 4.53. The lowest BCUT2D eigenvalue weighted by Gasteiger charge is -2.07. The number of hydrogen-bond acceptors (Lipinski definition) is 5. The monoisotopic (exact) mass is 380 g/mol. The van der Waals surface area contributed by atoms with Gasteiger partial charge >= 0.3 is 0 Å². The first-order chi connectivity index (χ1) is 13.1. The van der Waals surface area contributed by atoms with Gasteiger partial charge in [0, 0.05) is 21.8 Å². The summed E-state index contributed by atoms with van der Waals surface area (Å²) in [6.45, 7) is 6.82. The van der Waals surface area contributed by atoms with Crippen LogP contribution in [-0.4, -0.2) is 20.4 Å². The molecule has 0 N–H and O–H groups in total. The molecule has 0 aliphatic rings. The van der Waals surface area contributed by atoms with Gasteiger partial charge in [-0.05, 0) is 44.5 Å². The number of aromatic nitrogens is 3. The smallest absolute Gasteiger partial charge is 0.282 e. The van der Waals surface area contributed by atoms with Gasteiger partial charge in [0.15, 0.2) is 0 Å². The normalized spacial score (nSPS) is 11.8. The highest BCUT2D eigenvalue weighted by atomic mass is 32.1. The number of aryl methyl sites for hydroxylation is 2. The molecular weight excluding hydrogens is 360 g/mol. The second kappa shape index (κ2) is 7.00. The summed E-state index contributed by atoms with van der Waals surface area (Å²) < 4.78 is 8.91. The summed E-state index contributed by atoms with van der Waals surface area (Å²) in [6.07, 6.45) is 5.77. The van der Waals surface area contributed by atoms with Crippen LogP contribution in [0.3, 0.4) is 0 Å². The van der Waals surface area contributed by atoms with Crippen molar-refractivity contribution in [2.45, 2.75) is 33.7 Å². The third-order valence-corrected chi connectivity index (χ3v) is 5.85. The first kappa shape index (κ1) is 17.5. The number of hydrogen-bond donors (Lipinski definition) is 0. The topological polar surface area (TPSA) is 65.3 Å². The average molecular weight is 380 g/mol. The molecule has 7 heteroatoms. The van der Waals surface area contributed by atoms with Gasteiger partial charge in [-0.15, -0.1) is 11.3 Å². The largest absolute Gasteiger partial charge is 0.467 e. The van der Waals surface area contributed by atoms with Crippen LogP contribution >= 0.6 is 11.3 Å². The van der Waals surface area contributed by atoms with Crippen molar-refractivity contribution in [1.29, 1.82) is 0 Å². The van der Waals surface area contributed by atoms with E-state index in [0.29, 0.717) is 11.9 Å². The zero-order valence-electron chi connectivity index (χ0n) is 15.5. The van der Waals surface area contributed by atoms with Crippen molar-refractivity contribution in [3.05, 3.63) is 74.8 Å². The lowest BCUT2D eigenvalue weighted by atomic mass is 10.3. The lowest BCUT2D eigenvalue weighted by Crippen LogP contribution is -2.16. The van der Waals surface area contributed by atoms with Crippen LogP contribution in [0, 0.1) is 13.8 Å². The minimum Gasteiger partial charge on any atom is -0.467 e. The number of nitrogens with zero attached hydrogens (tertiary/aromatic N) is 4. The van der Waals surface area contributed by atoms with E-state index in [1.54, 1.807) is 23.8 Å². The summed E-state index contributed by atoms with van der Waals surface area (Å²) in [5.41, 5.74) is 3.00. The molecule has 0 bridgehead atoms. The van der Waals surface area contributed by atoms with Crippen molar-refractivity contribution >= 4 is 27.8 Å². The molecule has 0 saturated carbocycles. The molecule has 0 spiro atoms. The summed E-state index contributed by atoms with van der Waals surface area (Å²) in [6, 6.07) is 7.81. The molecule has 0 atom stereocenters. The molecule has 0 aliphatic carbocycles. The van der Waals surface area contributed by atoms with Crippen molar-refractivity contribution in [1.82, 2.24) is 14.2 Å². The van der Waals surface area contributed by atoms with Gasteiger partial charge < -0.3 is 8.98 Å². The van der Waals surface area contributed by atoms with Gasteiger partial charge in [-0.25, -0.2) is 4.98 Å². The number of fused-ring (bicyclic) bond motifs is 1. The first-order valence-electron chi connectivity index (χ1n) is 8.80. The maximum atomic E-state index is 12.6. The first-order valence-corrected chi connectivity index (χ1v) is 9.62. The van der Waals surface area contributed by atoms with Crippen molar-refractivity contribution in [3.63, 3.8) is 0 Å². The molecule has 0 saturated heterocycles. The Morgan fingerprint density at radius 1 is 1.33 bits per heavy atom. The molecule has 0 unspecified atom stereocenters. The Bertz CT molecular complexity index is 1180. The molecule has 4 aromatic rings. The SMILES string of the molecule is CCc1cc2c(=O)n(/N=C\c3cc(C)n(Cc4ccco4)c3C)cnc2s1. The van der Waals surface area contributed by atoms with E-state index >= 15 is 0 Å². The summed E-state index contributed by atoms with van der Waals surface area (Å²) in [7, 11) is 0. The fourth-order valence-corrected chi connectivity index (χ4v) is 4.03. The zero-order valence-corrected chi connectivity index (χ0v) is 16.3. The van der Waals surface area contributed by atoms with Crippen LogP contribution in [0.5, 0.6) is 0 Å². The molecule has 0 aliphatic heterocycles. The van der Waals surface area contributed by atoms with E-state index in [-0.39, 0.29) is 5.56 Å². The molecule has 0 fully saturated rings. The molecular formula is C20H20N4O2S. The fraction of sp³-hybridized carbons (Fsp3) is 0.250. The summed E-state index contributed by atoms with van der Waals surface area (Å²) >= 11 is 1.56. The lowest BCUT2D eigenvalue weighted by molar-refractivity contribution is 0.489. The van der Waals surface area contributed by atoms with E-state index in [4.69, 9.17) is 4.42 Å². The van der Waals surface area contributed by atoms with E-state index in [1.807, 2.05) is 32.0 Å². The number of thiophene rings is 1. The van der Waals surface area contributed by atoms with Gasteiger partial charge in [-0.2, -0.15) is 9.78 Å². The summed E-state index contributed by atoms with van der Waals surface area (Å²) in [5.74, 6) is 0.898. The van der Waals surface area contributed by atoms with Crippen LogP contribution in [0.15, 0.2) is 51.2 Å². The molecule has 6 nitrogen and oxygen atoms in total. The predicted molar refractivity (Wildman–Crippen MR) is 108 cm³/mol. The van der Waals surface area contributed by atoms with Gasteiger partial charge in [0.1, 0.15) is 16.9 Å². The highest BCUT2D eigenvalue weighted by molar-refractivity contribution is 7.18. The van der Waals surface area contributed by atoms with Gasteiger partial charge in [0.05, 0.1) is 24.4 Å². The van der Waals surface area contributed by atoms with E-state index < -0.39 is 0 Å². The van der Waals surface area contributed by atoms with Crippen LogP contribution in [-0.2, 0) is 13.0 Å². The molecule has 0 aromatic carbocycles. The third kappa shape index (κ3) is 3.26. The second-order valence-corrected chi connectivity index (χ2v) is 7.53. The van der Waals surface area contributed by atoms with Gasteiger partial charge in [0.25, 0.3) is 5.56 Å². The van der Waals surface area contributed by atoms with E-state index in [1.165, 1.54) is 11.0 Å². The van der Waals surface area contributed by atoms with E-state index in [2.05, 4.69) is 27.6 Å². The molecule has 0 radical (unpaired) electrons. The average Bonchev–Trinajstić information content (AvgIpc) is 3.38. The highest BCUT2D eigenvalue weighted by Gasteiger charge is 2.10. The Balaban J connectivity index is 1.66. The predicted octanol–water partition coefficient (Wildman–Crippen LogP) is 3.96. The summed E-state index contributed by atoms with van der Waals surface area (Å²) in [5, 5.41) is 4.98. The van der Waals surface area contributed by atoms with Gasteiger partial charge in [-0.1, -0.05) is 6.92 Å². The molecule has 138 valence electrons. The minimum absolute atomic E-state index is 0.142. The van der Waals surface area contributed by atoms with Crippen molar-refractivity contribution in [2.75, 3.05) is 0 Å². The van der Waals surface area contributed by atoms with Crippen molar-refractivity contribution in [2.24, 2.45) is 5.10 Å². The number of furan rings is 1. The third-order valence-electron chi connectivity index (χ3n) is 4.66. The zero-order chi connectivity index (χ0) is 19.0. The van der Waals surface area contributed by atoms with Gasteiger partial charge in [-0.3, -0.25) is 4.79 Å². The highest BCUT2D eigenvalue weighted by Crippen LogP contribution is 2.21. The maximum absolute atomic E-state index is 12.6. The molecule has 4 rings (SSSR count).